The molecule has 2 aromatic carbocycles. The molecule has 124 valence electrons. The Kier molecular flexibility index (Phi) is 6.40. The van der Waals surface area contributed by atoms with E-state index in [1.165, 1.54) is 0 Å². The normalized spacial score (nSPS) is 13.4. The SMILES string of the molecule is COc1ccc(C(O)C(NCCO)c2ccc(OC)cc2)cc1. The van der Waals surface area contributed by atoms with Crippen molar-refractivity contribution >= 4 is 0 Å². The third-order valence-electron chi connectivity index (χ3n) is 3.72. The molecule has 0 aliphatic rings. The number of hydrogen-bond acceptors (Lipinski definition) is 5. The minimum atomic E-state index is -0.749. The van der Waals surface area contributed by atoms with Crippen molar-refractivity contribution in [3.05, 3.63) is 59.7 Å². The minimum Gasteiger partial charge on any atom is -0.497 e. The van der Waals surface area contributed by atoms with Gasteiger partial charge in [0.1, 0.15) is 11.5 Å². The fourth-order valence-electron chi connectivity index (χ4n) is 2.44. The second-order valence-corrected chi connectivity index (χ2v) is 5.15. The number of nitrogens with one attached hydrogen (secondary N) is 1. The fraction of sp³-hybridized carbons (Fsp3) is 0.333. The lowest BCUT2D eigenvalue weighted by Crippen LogP contribution is -2.29. The maximum atomic E-state index is 10.7. The van der Waals surface area contributed by atoms with E-state index in [1.807, 2.05) is 48.5 Å². The van der Waals surface area contributed by atoms with Gasteiger partial charge in [0.2, 0.25) is 0 Å². The van der Waals surface area contributed by atoms with Crippen LogP contribution in [-0.2, 0) is 0 Å². The standard InChI is InChI=1S/C18H23NO4/c1-22-15-7-3-13(4-8-15)17(19-11-12-20)18(21)14-5-9-16(23-2)10-6-14/h3-10,17-21H,11-12H2,1-2H3. The molecule has 23 heavy (non-hydrogen) atoms. The fourth-order valence-corrected chi connectivity index (χ4v) is 2.44. The Hall–Kier alpha value is -2.08. The lowest BCUT2D eigenvalue weighted by atomic mass is 9.95. The van der Waals surface area contributed by atoms with Gasteiger partial charge in [0.25, 0.3) is 0 Å². The summed E-state index contributed by atoms with van der Waals surface area (Å²) >= 11 is 0. The van der Waals surface area contributed by atoms with Gasteiger partial charge < -0.3 is 25.0 Å². The molecule has 0 aliphatic heterocycles. The van der Waals surface area contributed by atoms with Crippen LogP contribution in [0.15, 0.2) is 48.5 Å². The first kappa shape index (κ1) is 17.3. The number of benzene rings is 2. The van der Waals surface area contributed by atoms with Crippen LogP contribution in [0.2, 0.25) is 0 Å². The molecule has 0 heterocycles. The predicted octanol–water partition coefficient (Wildman–Crippen LogP) is 2.06. The predicted molar refractivity (Wildman–Crippen MR) is 88.8 cm³/mol. The van der Waals surface area contributed by atoms with E-state index in [1.54, 1.807) is 14.2 Å². The summed E-state index contributed by atoms with van der Waals surface area (Å²) < 4.78 is 10.3. The molecule has 2 aromatic rings. The van der Waals surface area contributed by atoms with Gasteiger partial charge in [-0.3, -0.25) is 0 Å². The van der Waals surface area contributed by atoms with Crippen molar-refractivity contribution in [2.75, 3.05) is 27.4 Å². The van der Waals surface area contributed by atoms with E-state index >= 15 is 0 Å². The van der Waals surface area contributed by atoms with E-state index in [0.717, 1.165) is 22.6 Å². The third-order valence-corrected chi connectivity index (χ3v) is 3.72. The summed E-state index contributed by atoms with van der Waals surface area (Å²) in [6, 6.07) is 14.5. The zero-order valence-electron chi connectivity index (χ0n) is 13.4. The summed E-state index contributed by atoms with van der Waals surface area (Å²) in [6.07, 6.45) is -0.749. The van der Waals surface area contributed by atoms with Crippen LogP contribution in [0.5, 0.6) is 11.5 Å². The van der Waals surface area contributed by atoms with Crippen molar-refractivity contribution in [2.45, 2.75) is 12.1 Å². The average molecular weight is 317 g/mol. The summed E-state index contributed by atoms with van der Waals surface area (Å²) in [5.74, 6) is 1.50. The molecule has 0 bridgehead atoms. The van der Waals surface area contributed by atoms with Gasteiger partial charge >= 0.3 is 0 Å². The van der Waals surface area contributed by atoms with Crippen molar-refractivity contribution < 1.29 is 19.7 Å². The molecular weight excluding hydrogens is 294 g/mol. The number of aliphatic hydroxyl groups excluding tert-OH is 2. The molecule has 0 aliphatic carbocycles. The van der Waals surface area contributed by atoms with E-state index in [-0.39, 0.29) is 12.6 Å². The van der Waals surface area contributed by atoms with E-state index in [9.17, 15) is 5.11 Å². The van der Waals surface area contributed by atoms with Gasteiger partial charge in [-0.15, -0.1) is 0 Å². The maximum Gasteiger partial charge on any atom is 0.118 e. The van der Waals surface area contributed by atoms with Crippen LogP contribution in [0.4, 0.5) is 0 Å². The molecule has 0 spiro atoms. The van der Waals surface area contributed by atoms with E-state index < -0.39 is 6.10 Å². The van der Waals surface area contributed by atoms with Crippen molar-refractivity contribution in [3.63, 3.8) is 0 Å². The first-order chi connectivity index (χ1) is 11.2. The Bertz CT molecular complexity index is 583. The number of ether oxygens (including phenoxy) is 2. The Morgan fingerprint density at radius 3 is 1.78 bits per heavy atom. The number of aliphatic hydroxyl groups is 2. The third kappa shape index (κ3) is 4.45. The summed E-state index contributed by atoms with van der Waals surface area (Å²) in [4.78, 5) is 0. The van der Waals surface area contributed by atoms with Crippen LogP contribution >= 0.6 is 0 Å². The van der Waals surface area contributed by atoms with Gasteiger partial charge in [0.05, 0.1) is 33.0 Å². The Morgan fingerprint density at radius 2 is 1.35 bits per heavy atom. The molecule has 5 nitrogen and oxygen atoms in total. The van der Waals surface area contributed by atoms with Gasteiger partial charge in [0.15, 0.2) is 0 Å². The smallest absolute Gasteiger partial charge is 0.118 e. The summed E-state index contributed by atoms with van der Waals surface area (Å²) in [5.41, 5.74) is 1.69. The van der Waals surface area contributed by atoms with Crippen molar-refractivity contribution in [3.8, 4) is 11.5 Å². The van der Waals surface area contributed by atoms with Crippen molar-refractivity contribution in [1.82, 2.24) is 5.32 Å². The molecule has 3 N–H and O–H groups in total. The molecule has 0 saturated carbocycles. The van der Waals surface area contributed by atoms with E-state index in [4.69, 9.17) is 14.6 Å². The van der Waals surface area contributed by atoms with E-state index in [0.29, 0.717) is 6.54 Å². The molecule has 0 aromatic heterocycles. The van der Waals surface area contributed by atoms with Crippen molar-refractivity contribution in [1.29, 1.82) is 0 Å². The van der Waals surface area contributed by atoms with E-state index in [2.05, 4.69) is 5.32 Å². The topological polar surface area (TPSA) is 71.0 Å². The molecule has 2 unspecified atom stereocenters. The molecule has 0 fully saturated rings. The molecule has 0 amide bonds. The van der Waals surface area contributed by atoms with Crippen molar-refractivity contribution in [2.24, 2.45) is 0 Å². The summed E-state index contributed by atoms with van der Waals surface area (Å²) in [5, 5.41) is 23.0. The van der Waals surface area contributed by atoms with Gasteiger partial charge in [-0.2, -0.15) is 0 Å². The van der Waals surface area contributed by atoms with Gasteiger partial charge in [-0.25, -0.2) is 0 Å². The molecule has 0 saturated heterocycles. The number of methoxy groups -OCH3 is 2. The molecule has 2 atom stereocenters. The lowest BCUT2D eigenvalue weighted by molar-refractivity contribution is 0.124. The van der Waals surface area contributed by atoms with Gasteiger partial charge in [-0.1, -0.05) is 24.3 Å². The molecule has 5 heteroatoms. The minimum absolute atomic E-state index is 0.00197. The Labute approximate surface area is 136 Å². The summed E-state index contributed by atoms with van der Waals surface area (Å²) in [6.45, 7) is 0.395. The van der Waals surface area contributed by atoms with Crippen LogP contribution in [0.3, 0.4) is 0 Å². The zero-order valence-corrected chi connectivity index (χ0v) is 13.4. The van der Waals surface area contributed by atoms with Crippen LogP contribution in [-0.4, -0.2) is 37.6 Å². The second kappa shape index (κ2) is 8.53. The quantitative estimate of drug-likeness (QED) is 0.695. The first-order valence-corrected chi connectivity index (χ1v) is 7.49. The summed E-state index contributed by atoms with van der Waals surface area (Å²) in [7, 11) is 3.22. The van der Waals surface area contributed by atoms with Crippen LogP contribution in [0.25, 0.3) is 0 Å². The highest BCUT2D eigenvalue weighted by Gasteiger charge is 2.22. The Balaban J connectivity index is 2.24. The lowest BCUT2D eigenvalue weighted by Gasteiger charge is -2.25. The Morgan fingerprint density at radius 1 is 0.870 bits per heavy atom. The van der Waals surface area contributed by atoms with Gasteiger partial charge in [0, 0.05) is 6.54 Å². The highest BCUT2D eigenvalue weighted by molar-refractivity contribution is 5.33. The average Bonchev–Trinajstić information content (AvgIpc) is 2.62. The first-order valence-electron chi connectivity index (χ1n) is 7.49. The monoisotopic (exact) mass is 317 g/mol. The molecule has 2 rings (SSSR count). The maximum absolute atomic E-state index is 10.7. The van der Waals surface area contributed by atoms with Crippen LogP contribution in [0.1, 0.15) is 23.3 Å². The largest absolute Gasteiger partial charge is 0.497 e. The molecule has 0 radical (unpaired) electrons. The number of hydrogen-bond donors (Lipinski definition) is 3. The van der Waals surface area contributed by atoms with Crippen LogP contribution in [0, 0.1) is 0 Å². The highest BCUT2D eigenvalue weighted by Crippen LogP contribution is 2.30. The number of rotatable bonds is 8. The highest BCUT2D eigenvalue weighted by atomic mass is 16.5. The second-order valence-electron chi connectivity index (χ2n) is 5.15. The van der Waals surface area contributed by atoms with Gasteiger partial charge in [-0.05, 0) is 35.4 Å². The molecular formula is C18H23NO4. The van der Waals surface area contributed by atoms with Crippen LogP contribution < -0.4 is 14.8 Å². The zero-order chi connectivity index (χ0) is 16.7.